The minimum Gasteiger partial charge on any atom is -0.395 e. The van der Waals surface area contributed by atoms with Gasteiger partial charge in [-0.3, -0.25) is 20.2 Å². The number of aliphatic hydroxyl groups excluding tert-OH is 1. The summed E-state index contributed by atoms with van der Waals surface area (Å²) in [5.41, 5.74) is 7.48. The SMILES string of the molecule is C.C.CC(C=O)Cc1ccc([N+](=O)[O-])cc1.NC(CO)Cc1ccc([N+](=O)[O-])cc1. The second-order valence-corrected chi connectivity index (χ2v) is 6.31. The Labute approximate surface area is 176 Å². The molecule has 9 heteroatoms. The van der Waals surface area contributed by atoms with E-state index in [2.05, 4.69) is 0 Å². The Kier molecular flexibility index (Phi) is 14.3. The van der Waals surface area contributed by atoms with Gasteiger partial charge in [0.1, 0.15) is 6.29 Å². The van der Waals surface area contributed by atoms with E-state index < -0.39 is 9.85 Å². The number of nitro benzene ring substituents is 2. The van der Waals surface area contributed by atoms with Crippen LogP contribution in [0.4, 0.5) is 11.4 Å². The first-order chi connectivity index (χ1) is 13.3. The number of aliphatic hydroxyl groups is 1. The summed E-state index contributed by atoms with van der Waals surface area (Å²) >= 11 is 0. The maximum absolute atomic E-state index is 10.4. The van der Waals surface area contributed by atoms with Crippen molar-refractivity contribution in [3.05, 3.63) is 79.9 Å². The highest BCUT2D eigenvalue weighted by Crippen LogP contribution is 2.14. The van der Waals surface area contributed by atoms with E-state index in [1.165, 1.54) is 24.3 Å². The number of carbonyl (C=O) groups excluding carboxylic acids is 1. The van der Waals surface area contributed by atoms with E-state index in [1.54, 1.807) is 24.3 Å². The molecule has 0 spiro atoms. The van der Waals surface area contributed by atoms with Gasteiger partial charge in [-0.05, 0) is 24.0 Å². The second-order valence-electron chi connectivity index (χ2n) is 6.31. The van der Waals surface area contributed by atoms with Crippen molar-refractivity contribution in [2.24, 2.45) is 11.7 Å². The molecule has 0 radical (unpaired) electrons. The molecule has 0 saturated heterocycles. The second kappa shape index (κ2) is 14.8. The summed E-state index contributed by atoms with van der Waals surface area (Å²) in [4.78, 5) is 30.2. The quantitative estimate of drug-likeness (QED) is 0.375. The van der Waals surface area contributed by atoms with E-state index in [4.69, 9.17) is 10.8 Å². The van der Waals surface area contributed by atoms with Gasteiger partial charge in [0, 0.05) is 36.2 Å². The van der Waals surface area contributed by atoms with E-state index in [9.17, 15) is 25.0 Å². The number of rotatable bonds is 8. The molecule has 30 heavy (non-hydrogen) atoms. The molecule has 9 nitrogen and oxygen atoms in total. The molecule has 2 unspecified atom stereocenters. The summed E-state index contributed by atoms with van der Waals surface area (Å²) in [5, 5.41) is 29.4. The Morgan fingerprint density at radius 1 is 0.900 bits per heavy atom. The molecule has 2 aromatic carbocycles. The Balaban J connectivity index is 0. The molecule has 0 saturated carbocycles. The molecule has 2 atom stereocenters. The zero-order valence-electron chi connectivity index (χ0n) is 15.4. The van der Waals surface area contributed by atoms with Crippen LogP contribution in [-0.4, -0.2) is 33.9 Å². The van der Waals surface area contributed by atoms with Crippen LogP contribution in [0.5, 0.6) is 0 Å². The first-order valence-corrected chi connectivity index (χ1v) is 8.55. The third-order valence-corrected chi connectivity index (χ3v) is 3.82. The van der Waals surface area contributed by atoms with E-state index in [-0.39, 0.29) is 44.8 Å². The fourth-order valence-corrected chi connectivity index (χ4v) is 2.29. The van der Waals surface area contributed by atoms with E-state index in [1.807, 2.05) is 6.92 Å². The van der Waals surface area contributed by atoms with Crippen LogP contribution in [0.1, 0.15) is 32.9 Å². The van der Waals surface area contributed by atoms with Gasteiger partial charge in [-0.15, -0.1) is 0 Å². The normalized spacial score (nSPS) is 11.4. The summed E-state index contributed by atoms with van der Waals surface area (Å²) in [5.74, 6) is -0.0449. The largest absolute Gasteiger partial charge is 0.395 e. The third kappa shape index (κ3) is 10.4. The van der Waals surface area contributed by atoms with Gasteiger partial charge in [0.2, 0.25) is 0 Å². The predicted octanol–water partition coefficient (Wildman–Crippen LogP) is 3.70. The van der Waals surface area contributed by atoms with Gasteiger partial charge in [-0.2, -0.15) is 0 Å². The van der Waals surface area contributed by atoms with Gasteiger partial charge in [0.05, 0.1) is 16.5 Å². The minimum atomic E-state index is -0.449. The van der Waals surface area contributed by atoms with Crippen molar-refractivity contribution in [3.63, 3.8) is 0 Å². The van der Waals surface area contributed by atoms with Crippen molar-refractivity contribution in [2.45, 2.75) is 40.7 Å². The summed E-state index contributed by atoms with van der Waals surface area (Å²) in [6.07, 6.45) is 2.03. The van der Waals surface area contributed by atoms with Gasteiger partial charge in [0.25, 0.3) is 11.4 Å². The molecule has 0 aliphatic rings. The van der Waals surface area contributed by atoms with Crippen molar-refractivity contribution in [1.29, 1.82) is 0 Å². The smallest absolute Gasteiger partial charge is 0.269 e. The summed E-state index contributed by atoms with van der Waals surface area (Å²) in [6, 6.07) is 12.1. The number of nitro groups is 2. The molecule has 0 fully saturated rings. The molecule has 3 N–H and O–H groups in total. The zero-order valence-corrected chi connectivity index (χ0v) is 15.4. The number of aldehydes is 1. The summed E-state index contributed by atoms with van der Waals surface area (Å²) < 4.78 is 0. The lowest BCUT2D eigenvalue weighted by Crippen LogP contribution is -2.26. The Bertz CT molecular complexity index is 778. The van der Waals surface area contributed by atoms with Crippen molar-refractivity contribution < 1.29 is 19.7 Å². The number of benzene rings is 2. The minimum absolute atomic E-state index is 0. The van der Waals surface area contributed by atoms with Gasteiger partial charge in [0.15, 0.2) is 0 Å². The molecule has 0 aliphatic heterocycles. The highest BCUT2D eigenvalue weighted by molar-refractivity contribution is 5.53. The fraction of sp³-hybridized carbons (Fsp3) is 0.381. The molecule has 166 valence electrons. The monoisotopic (exact) mass is 421 g/mol. The lowest BCUT2D eigenvalue weighted by Gasteiger charge is -2.06. The van der Waals surface area contributed by atoms with Crippen LogP contribution in [0, 0.1) is 26.1 Å². The van der Waals surface area contributed by atoms with Crippen LogP contribution >= 0.6 is 0 Å². The average molecular weight is 421 g/mol. The topological polar surface area (TPSA) is 150 Å². The molecule has 0 heterocycles. The molecule has 0 aliphatic carbocycles. The molecule has 0 aromatic heterocycles. The number of nitrogens with zero attached hydrogens (tertiary/aromatic N) is 2. The molecule has 2 rings (SSSR count). The summed E-state index contributed by atoms with van der Waals surface area (Å²) in [7, 11) is 0. The van der Waals surface area contributed by atoms with Crippen LogP contribution in [0.15, 0.2) is 48.5 Å². The lowest BCUT2D eigenvalue weighted by molar-refractivity contribution is -0.385. The lowest BCUT2D eigenvalue weighted by atomic mass is 10.0. The molecular formula is C21H31N3O6. The Morgan fingerprint density at radius 2 is 1.27 bits per heavy atom. The number of nitrogens with two attached hydrogens (primary N) is 1. The molecule has 0 bridgehead atoms. The van der Waals surface area contributed by atoms with Gasteiger partial charge in [-0.1, -0.05) is 46.0 Å². The standard InChI is InChI=1S/C10H11NO3.C9H12N2O3.2CH4/c1-8(7-12)6-9-2-4-10(5-3-9)11(13)14;10-8(6-12)5-7-1-3-9(4-2-7)11(13)14;;/h2-5,7-8H,6H2,1H3;1-4,8,12H,5-6,10H2;2*1H4. The third-order valence-electron chi connectivity index (χ3n) is 3.82. The zero-order chi connectivity index (χ0) is 21.1. The molecule has 2 aromatic rings. The number of carbonyl (C=O) groups is 1. The first kappa shape index (κ1) is 29.0. The van der Waals surface area contributed by atoms with Crippen LogP contribution < -0.4 is 5.73 Å². The van der Waals surface area contributed by atoms with Crippen molar-refractivity contribution >= 4 is 17.7 Å². The van der Waals surface area contributed by atoms with Crippen LogP contribution in [-0.2, 0) is 17.6 Å². The van der Waals surface area contributed by atoms with Gasteiger partial charge >= 0.3 is 0 Å². The van der Waals surface area contributed by atoms with E-state index >= 15 is 0 Å². The van der Waals surface area contributed by atoms with Gasteiger partial charge in [-0.25, -0.2) is 0 Å². The Morgan fingerprint density at radius 3 is 1.57 bits per heavy atom. The van der Waals surface area contributed by atoms with Crippen molar-refractivity contribution in [2.75, 3.05) is 6.61 Å². The maximum atomic E-state index is 10.4. The first-order valence-electron chi connectivity index (χ1n) is 8.55. The van der Waals surface area contributed by atoms with E-state index in [0.29, 0.717) is 12.8 Å². The molecule has 0 amide bonds. The van der Waals surface area contributed by atoms with Gasteiger partial charge < -0.3 is 15.6 Å². The van der Waals surface area contributed by atoms with Crippen molar-refractivity contribution in [1.82, 2.24) is 0 Å². The van der Waals surface area contributed by atoms with Crippen molar-refractivity contribution in [3.8, 4) is 0 Å². The highest BCUT2D eigenvalue weighted by atomic mass is 16.6. The average Bonchev–Trinajstić information content (AvgIpc) is 2.69. The number of hydrogen-bond acceptors (Lipinski definition) is 7. The fourth-order valence-electron chi connectivity index (χ4n) is 2.29. The van der Waals surface area contributed by atoms with Crippen LogP contribution in [0.2, 0.25) is 0 Å². The molecular weight excluding hydrogens is 390 g/mol. The Hall–Kier alpha value is -3.17. The highest BCUT2D eigenvalue weighted by Gasteiger charge is 2.07. The van der Waals surface area contributed by atoms with Crippen LogP contribution in [0.25, 0.3) is 0 Å². The number of hydrogen-bond donors (Lipinski definition) is 2. The number of non-ortho nitro benzene ring substituents is 2. The summed E-state index contributed by atoms with van der Waals surface area (Å²) in [6.45, 7) is 1.73. The van der Waals surface area contributed by atoms with E-state index in [0.717, 1.165) is 17.4 Å². The predicted molar refractivity (Wildman–Crippen MR) is 117 cm³/mol. The maximum Gasteiger partial charge on any atom is 0.269 e. The van der Waals surface area contributed by atoms with Crippen LogP contribution in [0.3, 0.4) is 0 Å².